The predicted octanol–water partition coefficient (Wildman–Crippen LogP) is 4.37. The molecule has 200 valence electrons. The van der Waals surface area contributed by atoms with Gasteiger partial charge < -0.3 is 10.7 Å². The molecule has 0 saturated heterocycles. The molecule has 7 nitrogen and oxygen atoms in total. The number of carbonyl (C=O) groups is 1. The topological polar surface area (TPSA) is 81.8 Å². The van der Waals surface area contributed by atoms with Gasteiger partial charge in [0.15, 0.2) is 0 Å². The van der Waals surface area contributed by atoms with Crippen molar-refractivity contribution >= 4 is 21.6 Å². The van der Waals surface area contributed by atoms with E-state index in [9.17, 15) is 17.6 Å². The number of carbonyl (C=O) groups excluding carboxylic acids is 1. The van der Waals surface area contributed by atoms with Crippen molar-refractivity contribution in [3.8, 4) is 0 Å². The highest BCUT2D eigenvalue weighted by Gasteiger charge is 2.42. The first-order valence-electron chi connectivity index (χ1n) is 12.8. The molecule has 0 fully saturated rings. The number of amides is 1. The summed E-state index contributed by atoms with van der Waals surface area (Å²) in [6.45, 7) is 9.04. The Balaban J connectivity index is 1.49. The van der Waals surface area contributed by atoms with Gasteiger partial charge in [0.25, 0.3) is 0 Å². The van der Waals surface area contributed by atoms with Crippen molar-refractivity contribution < 1.29 is 17.6 Å². The van der Waals surface area contributed by atoms with E-state index in [1.807, 2.05) is 30.1 Å². The number of allylic oxidation sites excluding steroid dienone is 2. The molecule has 9 heteroatoms. The Morgan fingerprint density at radius 2 is 1.79 bits per heavy atom. The van der Waals surface area contributed by atoms with E-state index in [1.165, 1.54) is 16.4 Å². The van der Waals surface area contributed by atoms with Gasteiger partial charge in [-0.25, -0.2) is 12.8 Å². The Morgan fingerprint density at radius 1 is 1.11 bits per heavy atom. The summed E-state index contributed by atoms with van der Waals surface area (Å²) in [4.78, 5) is 13.6. The molecule has 38 heavy (non-hydrogen) atoms. The Bertz CT molecular complexity index is 1450. The number of nitrogens with zero attached hydrogens (tertiary/aromatic N) is 2. The molecule has 0 aromatic heterocycles. The summed E-state index contributed by atoms with van der Waals surface area (Å²) in [7, 11) is -3.75. The number of hydrazine groups is 1. The maximum absolute atomic E-state index is 13.6. The number of rotatable bonds is 5. The quantitative estimate of drug-likeness (QED) is 0.593. The summed E-state index contributed by atoms with van der Waals surface area (Å²) in [5, 5.41) is 4.75. The summed E-state index contributed by atoms with van der Waals surface area (Å²) in [5.41, 5.74) is 8.23. The van der Waals surface area contributed by atoms with Crippen LogP contribution in [0.5, 0.6) is 0 Å². The molecule has 2 aliphatic heterocycles. The summed E-state index contributed by atoms with van der Waals surface area (Å²) in [6, 6.07) is 13.2. The van der Waals surface area contributed by atoms with Crippen LogP contribution < -0.4 is 15.8 Å². The van der Waals surface area contributed by atoms with Gasteiger partial charge in [0.1, 0.15) is 5.82 Å². The first-order valence-corrected chi connectivity index (χ1v) is 14.3. The highest BCUT2D eigenvalue weighted by Crippen LogP contribution is 2.43. The maximum atomic E-state index is 13.6. The van der Waals surface area contributed by atoms with Crippen LogP contribution in [-0.2, 0) is 20.2 Å². The molecule has 3 aliphatic rings. The lowest BCUT2D eigenvalue weighted by molar-refractivity contribution is -0.122. The van der Waals surface area contributed by atoms with Crippen LogP contribution in [0.25, 0.3) is 0 Å². The van der Waals surface area contributed by atoms with Crippen molar-refractivity contribution in [2.24, 2.45) is 5.92 Å². The minimum Gasteiger partial charge on any atom is -0.356 e. The molecule has 1 atom stereocenters. The summed E-state index contributed by atoms with van der Waals surface area (Å²) >= 11 is 0. The van der Waals surface area contributed by atoms with Crippen LogP contribution in [-0.4, -0.2) is 38.3 Å². The third-order valence-corrected chi connectivity index (χ3v) is 9.16. The normalized spacial score (nSPS) is 19.8. The maximum Gasteiger partial charge on any atom is 0.243 e. The summed E-state index contributed by atoms with van der Waals surface area (Å²) < 4.78 is 42.3. The van der Waals surface area contributed by atoms with E-state index in [4.69, 9.17) is 0 Å². The van der Waals surface area contributed by atoms with E-state index in [2.05, 4.69) is 31.5 Å². The van der Waals surface area contributed by atoms with Crippen molar-refractivity contribution in [3.05, 3.63) is 94.6 Å². The SMILES string of the molecule is CCNC(=O)[C@H]1C2=CNN(c3ccc(F)cc3)C2=CC2=C1CN(S(=O)(=O)c1ccc(C(C)(C)C)cc1)CC2. The highest BCUT2D eigenvalue weighted by atomic mass is 32.2. The van der Waals surface area contributed by atoms with E-state index in [-0.39, 0.29) is 28.6 Å². The third-order valence-electron chi connectivity index (χ3n) is 7.30. The molecule has 0 saturated carbocycles. The van der Waals surface area contributed by atoms with Crippen molar-refractivity contribution in [2.75, 3.05) is 24.6 Å². The zero-order chi connectivity index (χ0) is 27.2. The van der Waals surface area contributed by atoms with Gasteiger partial charge in [0.2, 0.25) is 15.9 Å². The van der Waals surface area contributed by atoms with Crippen LogP contribution in [0.4, 0.5) is 10.1 Å². The number of hydrogen-bond acceptors (Lipinski definition) is 5. The lowest BCUT2D eigenvalue weighted by Gasteiger charge is -2.37. The van der Waals surface area contributed by atoms with Gasteiger partial charge in [0.05, 0.1) is 22.2 Å². The fourth-order valence-corrected chi connectivity index (χ4v) is 6.64. The number of hydrogen-bond donors (Lipinski definition) is 2. The van der Waals surface area contributed by atoms with Crippen LogP contribution in [0.2, 0.25) is 0 Å². The first-order chi connectivity index (χ1) is 18.0. The van der Waals surface area contributed by atoms with E-state index < -0.39 is 15.9 Å². The largest absolute Gasteiger partial charge is 0.356 e. The van der Waals surface area contributed by atoms with Gasteiger partial charge in [-0.05, 0) is 77.9 Å². The monoisotopic (exact) mass is 536 g/mol. The molecule has 1 aliphatic carbocycles. The lowest BCUT2D eigenvalue weighted by atomic mass is 9.79. The number of sulfonamides is 1. The standard InChI is InChI=1S/C29H33FN4O3S/c1-5-31-28(35)27-24-17-32-34(22-10-8-21(30)9-11-22)26(24)16-19-14-15-33(18-25(19)27)38(36,37)23-12-6-20(7-13-23)29(2,3)4/h6-13,16-17,27,32H,5,14-15,18H2,1-4H3,(H,31,35)/t27-/m0/s1. The fraction of sp³-hybridized carbons (Fsp3) is 0.345. The van der Waals surface area contributed by atoms with Crippen molar-refractivity contribution in [2.45, 2.75) is 44.4 Å². The first kappa shape index (κ1) is 26.2. The Labute approximate surface area is 223 Å². The molecule has 0 unspecified atom stereocenters. The highest BCUT2D eigenvalue weighted by molar-refractivity contribution is 7.89. The van der Waals surface area contributed by atoms with Crippen LogP contribution >= 0.6 is 0 Å². The zero-order valence-corrected chi connectivity index (χ0v) is 22.9. The molecule has 0 bridgehead atoms. The Kier molecular flexibility index (Phi) is 6.69. The molecule has 0 spiro atoms. The number of nitrogens with one attached hydrogen (secondary N) is 2. The third kappa shape index (κ3) is 4.65. The molecular formula is C29H33FN4O3S. The van der Waals surface area contributed by atoms with Crippen LogP contribution in [0.1, 0.15) is 39.7 Å². The number of fused-ring (bicyclic) bond motifs is 1. The minimum atomic E-state index is -3.75. The van der Waals surface area contributed by atoms with Gasteiger partial charge in [-0.1, -0.05) is 32.9 Å². The van der Waals surface area contributed by atoms with Crippen LogP contribution in [0.3, 0.4) is 0 Å². The van der Waals surface area contributed by atoms with Gasteiger partial charge in [-0.15, -0.1) is 0 Å². The van der Waals surface area contributed by atoms with Gasteiger partial charge in [-0.2, -0.15) is 4.31 Å². The average Bonchev–Trinajstić information content (AvgIpc) is 3.30. The van der Waals surface area contributed by atoms with Crippen LogP contribution in [0, 0.1) is 11.7 Å². The molecular weight excluding hydrogens is 503 g/mol. The minimum absolute atomic E-state index is 0.0794. The van der Waals surface area contributed by atoms with E-state index in [1.54, 1.807) is 30.5 Å². The fourth-order valence-electron chi connectivity index (χ4n) is 5.22. The van der Waals surface area contributed by atoms with Crippen molar-refractivity contribution in [1.29, 1.82) is 0 Å². The number of anilines is 1. The van der Waals surface area contributed by atoms with Crippen LogP contribution in [0.15, 0.2) is 88.1 Å². The Hall–Kier alpha value is -3.43. The van der Waals surface area contributed by atoms with Gasteiger partial charge in [0, 0.05) is 31.4 Å². The zero-order valence-electron chi connectivity index (χ0n) is 22.1. The lowest BCUT2D eigenvalue weighted by Crippen LogP contribution is -2.44. The molecule has 2 aromatic carbocycles. The Morgan fingerprint density at radius 3 is 2.42 bits per heavy atom. The second kappa shape index (κ2) is 9.71. The summed E-state index contributed by atoms with van der Waals surface area (Å²) in [6.07, 6.45) is 4.28. The van der Waals surface area contributed by atoms with E-state index >= 15 is 0 Å². The molecule has 2 heterocycles. The molecule has 2 N–H and O–H groups in total. The second-order valence-electron chi connectivity index (χ2n) is 10.8. The molecule has 1 amide bonds. The molecule has 0 radical (unpaired) electrons. The summed E-state index contributed by atoms with van der Waals surface area (Å²) in [5.74, 6) is -1.14. The second-order valence-corrected chi connectivity index (χ2v) is 12.7. The van der Waals surface area contributed by atoms with Crippen molar-refractivity contribution in [3.63, 3.8) is 0 Å². The number of halogens is 1. The number of benzene rings is 2. The van der Waals surface area contributed by atoms with Gasteiger partial charge in [-0.3, -0.25) is 9.80 Å². The van der Waals surface area contributed by atoms with E-state index in [0.29, 0.717) is 19.5 Å². The average molecular weight is 537 g/mol. The molecule has 2 aromatic rings. The van der Waals surface area contributed by atoms with Crippen molar-refractivity contribution in [1.82, 2.24) is 15.0 Å². The van der Waals surface area contributed by atoms with E-state index in [0.717, 1.165) is 33.7 Å². The predicted molar refractivity (Wildman–Crippen MR) is 146 cm³/mol. The van der Waals surface area contributed by atoms with Gasteiger partial charge >= 0.3 is 0 Å². The molecule has 5 rings (SSSR count). The smallest absolute Gasteiger partial charge is 0.243 e.